The van der Waals surface area contributed by atoms with Crippen LogP contribution in [0, 0.1) is 12.8 Å². The molecule has 0 aliphatic carbocycles. The summed E-state index contributed by atoms with van der Waals surface area (Å²) in [6.45, 7) is 11.0. The highest BCUT2D eigenvalue weighted by atomic mass is 16.5. The van der Waals surface area contributed by atoms with Gasteiger partial charge in [-0.25, -0.2) is 0 Å². The summed E-state index contributed by atoms with van der Waals surface area (Å²) in [5, 5.41) is 3.63. The predicted octanol–water partition coefficient (Wildman–Crippen LogP) is 4.28. The fourth-order valence-electron chi connectivity index (χ4n) is 3.18. The van der Waals surface area contributed by atoms with E-state index < -0.39 is 0 Å². The van der Waals surface area contributed by atoms with Gasteiger partial charge in [-0.15, -0.1) is 0 Å². The van der Waals surface area contributed by atoms with Crippen molar-refractivity contribution in [1.29, 1.82) is 0 Å². The summed E-state index contributed by atoms with van der Waals surface area (Å²) in [4.78, 5) is 0. The molecular weight excluding hydrogens is 258 g/mol. The average molecular weight is 289 g/mol. The summed E-state index contributed by atoms with van der Waals surface area (Å²) in [5.41, 5.74) is 2.80. The van der Waals surface area contributed by atoms with E-state index in [1.807, 2.05) is 0 Å². The predicted molar refractivity (Wildman–Crippen MR) is 89.8 cm³/mol. The zero-order valence-electron chi connectivity index (χ0n) is 14.1. The van der Waals surface area contributed by atoms with Crippen LogP contribution in [0.5, 0.6) is 0 Å². The van der Waals surface area contributed by atoms with E-state index in [1.54, 1.807) is 0 Å². The largest absolute Gasteiger partial charge is 0.375 e. The average Bonchev–Trinajstić information content (AvgIpc) is 2.83. The Labute approximate surface area is 130 Å². The maximum Gasteiger partial charge on any atom is 0.0586 e. The smallest absolute Gasteiger partial charge is 0.0586 e. The minimum atomic E-state index is 0.436. The van der Waals surface area contributed by atoms with Crippen LogP contribution in [0.25, 0.3) is 0 Å². The fraction of sp³-hybridized carbons (Fsp3) is 0.684. The van der Waals surface area contributed by atoms with E-state index in [2.05, 4.69) is 57.3 Å². The Balaban J connectivity index is 1.99. The highest BCUT2D eigenvalue weighted by molar-refractivity contribution is 5.26. The van der Waals surface area contributed by atoms with Crippen LogP contribution in [0.3, 0.4) is 0 Å². The molecule has 3 atom stereocenters. The van der Waals surface area contributed by atoms with Crippen molar-refractivity contribution >= 4 is 0 Å². The maximum atomic E-state index is 6.04. The summed E-state index contributed by atoms with van der Waals surface area (Å²) in [6, 6.07) is 8.96. The minimum absolute atomic E-state index is 0.436. The van der Waals surface area contributed by atoms with Crippen molar-refractivity contribution in [3.8, 4) is 0 Å². The third kappa shape index (κ3) is 5.44. The molecule has 1 aliphatic rings. The summed E-state index contributed by atoms with van der Waals surface area (Å²) in [5.74, 6) is 1.25. The molecule has 1 aromatic rings. The van der Waals surface area contributed by atoms with Crippen molar-refractivity contribution in [1.82, 2.24) is 5.32 Å². The molecule has 1 heterocycles. The van der Waals surface area contributed by atoms with Gasteiger partial charge in [0.05, 0.1) is 12.2 Å². The first-order valence-corrected chi connectivity index (χ1v) is 8.47. The van der Waals surface area contributed by atoms with Crippen LogP contribution in [0.4, 0.5) is 0 Å². The molecule has 0 bridgehead atoms. The maximum absolute atomic E-state index is 6.04. The SMILES string of the molecule is Cc1cccc(C(CNCC(C)C)CC2CCC(C)O2)c1. The first kappa shape index (κ1) is 16.5. The van der Waals surface area contributed by atoms with Crippen molar-refractivity contribution in [2.24, 2.45) is 5.92 Å². The topological polar surface area (TPSA) is 21.3 Å². The molecule has 1 aliphatic heterocycles. The van der Waals surface area contributed by atoms with E-state index in [0.29, 0.717) is 24.0 Å². The van der Waals surface area contributed by atoms with E-state index in [9.17, 15) is 0 Å². The Morgan fingerprint density at radius 1 is 1.24 bits per heavy atom. The number of aryl methyl sites for hydroxylation is 1. The molecule has 0 amide bonds. The van der Waals surface area contributed by atoms with E-state index in [-0.39, 0.29) is 0 Å². The minimum Gasteiger partial charge on any atom is -0.375 e. The number of benzene rings is 1. The van der Waals surface area contributed by atoms with Crippen LogP contribution in [0.2, 0.25) is 0 Å². The molecule has 2 rings (SSSR count). The molecule has 0 saturated carbocycles. The lowest BCUT2D eigenvalue weighted by Gasteiger charge is -2.23. The molecule has 2 nitrogen and oxygen atoms in total. The van der Waals surface area contributed by atoms with Crippen molar-refractivity contribution in [2.75, 3.05) is 13.1 Å². The Kier molecular flexibility index (Phi) is 6.25. The second-order valence-electron chi connectivity index (χ2n) is 7.04. The quantitative estimate of drug-likeness (QED) is 0.809. The van der Waals surface area contributed by atoms with Crippen molar-refractivity contribution in [3.05, 3.63) is 35.4 Å². The normalized spacial score (nSPS) is 23.7. The molecule has 21 heavy (non-hydrogen) atoms. The zero-order chi connectivity index (χ0) is 15.2. The molecule has 3 unspecified atom stereocenters. The lowest BCUT2D eigenvalue weighted by atomic mass is 9.91. The zero-order valence-corrected chi connectivity index (χ0v) is 14.1. The number of hydrogen-bond acceptors (Lipinski definition) is 2. The van der Waals surface area contributed by atoms with Gasteiger partial charge in [-0.05, 0) is 57.1 Å². The lowest BCUT2D eigenvalue weighted by Crippen LogP contribution is -2.27. The first-order chi connectivity index (χ1) is 10.0. The van der Waals surface area contributed by atoms with E-state index in [4.69, 9.17) is 4.74 Å². The third-order valence-corrected chi connectivity index (χ3v) is 4.32. The van der Waals surface area contributed by atoms with Crippen LogP contribution in [-0.2, 0) is 4.74 Å². The standard InChI is InChI=1S/C19H31NO/c1-14(2)12-20-13-18(11-19-9-8-16(4)21-19)17-7-5-6-15(3)10-17/h5-7,10,14,16,18-20H,8-9,11-13H2,1-4H3. The van der Waals surface area contributed by atoms with Gasteiger partial charge in [-0.3, -0.25) is 0 Å². The second-order valence-corrected chi connectivity index (χ2v) is 7.04. The van der Waals surface area contributed by atoms with E-state index in [1.165, 1.54) is 24.0 Å². The van der Waals surface area contributed by atoms with Gasteiger partial charge in [0.15, 0.2) is 0 Å². The van der Waals surface area contributed by atoms with Gasteiger partial charge < -0.3 is 10.1 Å². The van der Waals surface area contributed by atoms with E-state index in [0.717, 1.165) is 19.5 Å². The Hall–Kier alpha value is -0.860. The second kappa shape index (κ2) is 7.95. The Bertz CT molecular complexity index is 429. The van der Waals surface area contributed by atoms with Gasteiger partial charge in [0.25, 0.3) is 0 Å². The van der Waals surface area contributed by atoms with Gasteiger partial charge >= 0.3 is 0 Å². The molecule has 0 radical (unpaired) electrons. The molecule has 0 aromatic heterocycles. The van der Waals surface area contributed by atoms with Gasteiger partial charge in [0.2, 0.25) is 0 Å². The van der Waals surface area contributed by atoms with Crippen LogP contribution in [-0.4, -0.2) is 25.3 Å². The molecular formula is C19H31NO. The van der Waals surface area contributed by atoms with Crippen LogP contribution < -0.4 is 5.32 Å². The van der Waals surface area contributed by atoms with Gasteiger partial charge in [0.1, 0.15) is 0 Å². The molecule has 1 fully saturated rings. The monoisotopic (exact) mass is 289 g/mol. The number of ether oxygens (including phenoxy) is 1. The summed E-state index contributed by atoms with van der Waals surface area (Å²) in [6.07, 6.45) is 4.44. The fourth-order valence-corrected chi connectivity index (χ4v) is 3.18. The van der Waals surface area contributed by atoms with Gasteiger partial charge in [-0.1, -0.05) is 43.7 Å². The Morgan fingerprint density at radius 3 is 2.67 bits per heavy atom. The van der Waals surface area contributed by atoms with E-state index >= 15 is 0 Å². The van der Waals surface area contributed by atoms with Crippen LogP contribution in [0.15, 0.2) is 24.3 Å². The van der Waals surface area contributed by atoms with Crippen molar-refractivity contribution in [2.45, 2.75) is 65.1 Å². The molecule has 1 aromatic carbocycles. The first-order valence-electron chi connectivity index (χ1n) is 8.47. The van der Waals surface area contributed by atoms with Crippen molar-refractivity contribution in [3.63, 3.8) is 0 Å². The van der Waals surface area contributed by atoms with Gasteiger partial charge in [-0.2, -0.15) is 0 Å². The third-order valence-electron chi connectivity index (χ3n) is 4.32. The molecule has 0 spiro atoms. The number of hydrogen-bond donors (Lipinski definition) is 1. The molecule has 118 valence electrons. The molecule has 2 heteroatoms. The summed E-state index contributed by atoms with van der Waals surface area (Å²) < 4.78 is 6.04. The highest BCUT2D eigenvalue weighted by Crippen LogP contribution is 2.29. The lowest BCUT2D eigenvalue weighted by molar-refractivity contribution is 0.0465. The van der Waals surface area contributed by atoms with Gasteiger partial charge in [0, 0.05) is 6.54 Å². The van der Waals surface area contributed by atoms with Crippen LogP contribution in [0.1, 0.15) is 57.1 Å². The number of rotatable bonds is 7. The number of nitrogens with one attached hydrogen (secondary N) is 1. The summed E-state index contributed by atoms with van der Waals surface area (Å²) >= 11 is 0. The molecule has 1 N–H and O–H groups in total. The van der Waals surface area contributed by atoms with Crippen molar-refractivity contribution < 1.29 is 4.74 Å². The molecule has 1 saturated heterocycles. The Morgan fingerprint density at radius 2 is 2.05 bits per heavy atom. The highest BCUT2D eigenvalue weighted by Gasteiger charge is 2.25. The van der Waals surface area contributed by atoms with Crippen LogP contribution >= 0.6 is 0 Å². The summed E-state index contributed by atoms with van der Waals surface area (Å²) in [7, 11) is 0.